The molecule has 2 aromatic rings. The molecule has 0 atom stereocenters. The van der Waals surface area contributed by atoms with Gasteiger partial charge in [0.05, 0.1) is 0 Å². The van der Waals surface area contributed by atoms with E-state index in [2.05, 4.69) is 23.1 Å². The fraction of sp³-hybridized carbons (Fsp3) is 0.133. The molecule has 0 aliphatic carbocycles. The molecule has 0 saturated carbocycles. The summed E-state index contributed by atoms with van der Waals surface area (Å²) < 4.78 is 0. The predicted octanol–water partition coefficient (Wildman–Crippen LogP) is 3.61. The van der Waals surface area contributed by atoms with Gasteiger partial charge in [0.15, 0.2) is 0 Å². The molecule has 0 aromatic heterocycles. The van der Waals surface area contributed by atoms with Crippen molar-refractivity contribution < 1.29 is 0 Å². The number of nitrogens with one attached hydrogen (secondary N) is 1. The van der Waals surface area contributed by atoms with Crippen LogP contribution in [0.4, 0.5) is 0 Å². The van der Waals surface area contributed by atoms with Crippen LogP contribution in [0, 0.1) is 5.41 Å². The van der Waals surface area contributed by atoms with Crippen molar-refractivity contribution in [1.29, 1.82) is 5.41 Å². The van der Waals surface area contributed by atoms with Crippen LogP contribution in [0.3, 0.4) is 0 Å². The molecule has 1 aliphatic rings. The second-order valence-electron chi connectivity index (χ2n) is 4.35. The molecule has 18 heavy (non-hydrogen) atoms. The van der Waals surface area contributed by atoms with Crippen LogP contribution in [0.15, 0.2) is 54.6 Å². The first-order chi connectivity index (χ1) is 8.34. The van der Waals surface area contributed by atoms with Gasteiger partial charge in [-0.05, 0) is 11.1 Å². The Morgan fingerprint density at radius 2 is 1.61 bits per heavy atom. The van der Waals surface area contributed by atoms with Gasteiger partial charge in [-0.15, -0.1) is 17.0 Å². The van der Waals surface area contributed by atoms with Crippen LogP contribution in [0.1, 0.15) is 16.7 Å². The molecule has 3 heteroatoms. The van der Waals surface area contributed by atoms with Gasteiger partial charge in [-0.3, -0.25) is 5.41 Å². The average Bonchev–Trinajstić information content (AvgIpc) is 2.68. The second kappa shape index (κ2) is 5.36. The lowest BCUT2D eigenvalue weighted by Crippen LogP contribution is -2.23. The van der Waals surface area contributed by atoms with Gasteiger partial charge in [0.25, 0.3) is 0 Å². The van der Waals surface area contributed by atoms with Gasteiger partial charge in [0, 0.05) is 18.7 Å². The third kappa shape index (κ3) is 2.31. The van der Waals surface area contributed by atoms with E-state index in [1.165, 1.54) is 11.1 Å². The van der Waals surface area contributed by atoms with Crippen LogP contribution in [0.25, 0.3) is 0 Å². The lowest BCUT2D eigenvalue weighted by molar-refractivity contribution is 0.422. The third-order valence-electron chi connectivity index (χ3n) is 3.17. The second-order valence-corrected chi connectivity index (χ2v) is 4.35. The normalized spacial score (nSPS) is 13.1. The molecule has 3 rings (SSSR count). The minimum atomic E-state index is 0. The molecule has 2 aromatic carbocycles. The molecule has 1 heterocycles. The van der Waals surface area contributed by atoms with E-state index in [-0.39, 0.29) is 17.0 Å². The summed E-state index contributed by atoms with van der Waals surface area (Å²) in [6.45, 7) is 1.66. The number of hydrogen-bond donors (Lipinski definition) is 1. The highest BCUT2D eigenvalue weighted by atomic mass is 79.9. The van der Waals surface area contributed by atoms with Crippen molar-refractivity contribution in [2.45, 2.75) is 13.1 Å². The smallest absolute Gasteiger partial charge is 0.129 e. The van der Waals surface area contributed by atoms with E-state index in [1.807, 2.05) is 36.4 Å². The number of rotatable bonds is 2. The topological polar surface area (TPSA) is 27.1 Å². The lowest BCUT2D eigenvalue weighted by Gasteiger charge is -2.17. The molecule has 0 fully saturated rings. The number of nitrogens with zero attached hydrogens (tertiary/aromatic N) is 1. The van der Waals surface area contributed by atoms with E-state index >= 15 is 0 Å². The Morgan fingerprint density at radius 1 is 0.944 bits per heavy atom. The highest BCUT2D eigenvalue weighted by Crippen LogP contribution is 2.23. The largest absolute Gasteiger partial charge is 0.348 e. The summed E-state index contributed by atoms with van der Waals surface area (Å²) in [6, 6.07) is 18.5. The average molecular weight is 303 g/mol. The number of fused-ring (bicyclic) bond motifs is 1. The summed E-state index contributed by atoms with van der Waals surface area (Å²) in [7, 11) is 0. The monoisotopic (exact) mass is 302 g/mol. The van der Waals surface area contributed by atoms with Gasteiger partial charge in [-0.1, -0.05) is 54.6 Å². The first-order valence-corrected chi connectivity index (χ1v) is 5.80. The van der Waals surface area contributed by atoms with Crippen LogP contribution >= 0.6 is 17.0 Å². The van der Waals surface area contributed by atoms with E-state index in [0.29, 0.717) is 5.84 Å². The third-order valence-corrected chi connectivity index (χ3v) is 3.17. The quantitative estimate of drug-likeness (QED) is 0.901. The molecular weight excluding hydrogens is 288 g/mol. The van der Waals surface area contributed by atoms with Crippen molar-refractivity contribution >= 4 is 22.8 Å². The van der Waals surface area contributed by atoms with E-state index in [4.69, 9.17) is 5.41 Å². The Kier molecular flexibility index (Phi) is 3.82. The lowest BCUT2D eigenvalue weighted by atomic mass is 10.1. The number of amidine groups is 1. The van der Waals surface area contributed by atoms with Crippen LogP contribution < -0.4 is 0 Å². The molecule has 2 nitrogen and oxygen atoms in total. The molecule has 1 aliphatic heterocycles. The van der Waals surface area contributed by atoms with Crippen molar-refractivity contribution in [2.24, 2.45) is 0 Å². The molecule has 0 spiro atoms. The van der Waals surface area contributed by atoms with Crippen molar-refractivity contribution in [1.82, 2.24) is 4.90 Å². The summed E-state index contributed by atoms with van der Waals surface area (Å²) in [5.74, 6) is 0.643. The van der Waals surface area contributed by atoms with Gasteiger partial charge < -0.3 is 4.90 Å². The van der Waals surface area contributed by atoms with Crippen LogP contribution in [0.5, 0.6) is 0 Å². The minimum absolute atomic E-state index is 0. The molecule has 0 radical (unpaired) electrons. The summed E-state index contributed by atoms with van der Waals surface area (Å²) in [4.78, 5) is 2.11. The Labute approximate surface area is 118 Å². The van der Waals surface area contributed by atoms with E-state index < -0.39 is 0 Å². The Hall–Kier alpha value is -1.61. The highest BCUT2D eigenvalue weighted by molar-refractivity contribution is 8.93. The van der Waals surface area contributed by atoms with Gasteiger partial charge in [-0.2, -0.15) is 0 Å². The van der Waals surface area contributed by atoms with E-state index in [0.717, 1.165) is 18.7 Å². The van der Waals surface area contributed by atoms with Gasteiger partial charge in [-0.25, -0.2) is 0 Å². The van der Waals surface area contributed by atoms with Crippen LogP contribution in [-0.2, 0) is 13.1 Å². The maximum Gasteiger partial charge on any atom is 0.129 e. The van der Waals surface area contributed by atoms with E-state index in [9.17, 15) is 0 Å². The van der Waals surface area contributed by atoms with Crippen molar-refractivity contribution in [2.75, 3.05) is 0 Å². The van der Waals surface area contributed by atoms with Crippen LogP contribution in [-0.4, -0.2) is 10.7 Å². The zero-order valence-corrected chi connectivity index (χ0v) is 11.7. The van der Waals surface area contributed by atoms with Crippen molar-refractivity contribution in [3.8, 4) is 0 Å². The maximum absolute atomic E-state index is 8.16. The first-order valence-electron chi connectivity index (χ1n) is 5.80. The van der Waals surface area contributed by atoms with Gasteiger partial charge in [0.2, 0.25) is 0 Å². The number of hydrogen-bond acceptors (Lipinski definition) is 1. The Balaban J connectivity index is 0.00000120. The predicted molar refractivity (Wildman–Crippen MR) is 79.3 cm³/mol. The maximum atomic E-state index is 8.16. The standard InChI is InChI=1S/C15H14N2.BrH/c16-15-14-9-5-4-8-13(14)11-17(15)10-12-6-2-1-3-7-12;/h1-9,16H,10-11H2;1H. The van der Waals surface area contributed by atoms with Gasteiger partial charge in [0.1, 0.15) is 5.84 Å². The summed E-state index contributed by atoms with van der Waals surface area (Å²) in [5.41, 5.74) is 3.59. The number of benzene rings is 2. The Morgan fingerprint density at radius 3 is 2.33 bits per heavy atom. The fourth-order valence-corrected chi connectivity index (χ4v) is 2.28. The summed E-state index contributed by atoms with van der Waals surface area (Å²) >= 11 is 0. The minimum Gasteiger partial charge on any atom is -0.348 e. The van der Waals surface area contributed by atoms with Gasteiger partial charge >= 0.3 is 0 Å². The first kappa shape index (κ1) is 12.8. The SMILES string of the molecule is Br.N=C1c2ccccc2CN1Cc1ccccc1. The zero-order chi connectivity index (χ0) is 11.7. The van der Waals surface area contributed by atoms with Crippen LogP contribution in [0.2, 0.25) is 0 Å². The fourth-order valence-electron chi connectivity index (χ4n) is 2.28. The molecule has 0 bridgehead atoms. The molecule has 0 amide bonds. The Bertz CT molecular complexity index is 551. The summed E-state index contributed by atoms with van der Waals surface area (Å²) in [6.07, 6.45) is 0. The summed E-state index contributed by atoms with van der Waals surface area (Å²) in [5, 5.41) is 8.16. The molecular formula is C15H15BrN2. The van der Waals surface area contributed by atoms with Crippen molar-refractivity contribution in [3.05, 3.63) is 71.3 Å². The van der Waals surface area contributed by atoms with E-state index in [1.54, 1.807) is 0 Å². The molecule has 0 saturated heterocycles. The highest BCUT2D eigenvalue weighted by Gasteiger charge is 2.23. The molecule has 92 valence electrons. The zero-order valence-electron chi connectivity index (χ0n) is 9.97. The number of halogens is 1. The molecule has 0 unspecified atom stereocenters. The van der Waals surface area contributed by atoms with Crippen molar-refractivity contribution in [3.63, 3.8) is 0 Å². The molecule has 1 N–H and O–H groups in total.